The molecule has 6 heteroatoms. The molecule has 0 aliphatic carbocycles. The van der Waals surface area contributed by atoms with Crippen LogP contribution >= 0.6 is 0 Å². The third-order valence-corrected chi connectivity index (χ3v) is 10.7. The topological polar surface area (TPSA) is 35.9 Å². The first-order valence-electron chi connectivity index (χ1n) is 25.5. The summed E-state index contributed by atoms with van der Waals surface area (Å²) in [4.78, 5) is 4.70. The van der Waals surface area contributed by atoms with E-state index in [1.54, 1.807) is 63.9 Å². The second-order valence-electron chi connectivity index (χ2n) is 15.5. The summed E-state index contributed by atoms with van der Waals surface area (Å²) in [5.41, 5.74) is 5.49. The van der Waals surface area contributed by atoms with Crippen molar-refractivity contribution in [2.75, 3.05) is 0 Å². The number of para-hydroxylation sites is 2. The van der Waals surface area contributed by atoms with Crippen molar-refractivity contribution in [1.82, 2.24) is 14.1 Å². The first-order chi connectivity index (χ1) is 34.1. The molecule has 0 fully saturated rings. The van der Waals surface area contributed by atoms with Crippen molar-refractivity contribution in [3.8, 4) is 50.9 Å². The van der Waals surface area contributed by atoms with Gasteiger partial charge in [0.1, 0.15) is 5.82 Å². The molecule has 0 spiro atoms. The van der Waals surface area contributed by atoms with Gasteiger partial charge in [-0.3, -0.25) is 4.57 Å². The van der Waals surface area contributed by atoms with Crippen LogP contribution < -0.4 is 9.30 Å². The van der Waals surface area contributed by atoms with Crippen LogP contribution in [-0.4, -0.2) is 14.1 Å². The molecular weight excluding hydrogens is 928 g/mol. The zero-order chi connectivity index (χ0) is 51.5. The van der Waals surface area contributed by atoms with Crippen molar-refractivity contribution >= 4 is 32.8 Å². The molecule has 0 amide bonds. The summed E-state index contributed by atoms with van der Waals surface area (Å²) in [5, 5.41) is 1.87. The van der Waals surface area contributed by atoms with Crippen LogP contribution in [0.4, 0.5) is 0 Å². The first-order valence-corrected chi connectivity index (χ1v) is 19.5. The fourth-order valence-electron chi connectivity index (χ4n) is 7.75. The van der Waals surface area contributed by atoms with E-state index in [1.165, 1.54) is 6.92 Å². The van der Waals surface area contributed by atoms with E-state index in [0.717, 1.165) is 27.4 Å². The molecule has 0 atom stereocenters. The Labute approximate surface area is 388 Å². The maximum atomic E-state index is 9.04. The third-order valence-electron chi connectivity index (χ3n) is 10.7. The van der Waals surface area contributed by atoms with Crippen LogP contribution in [0.1, 0.15) is 60.8 Å². The second kappa shape index (κ2) is 16.1. The summed E-state index contributed by atoms with van der Waals surface area (Å²) in [7, 11) is 0. The summed E-state index contributed by atoms with van der Waals surface area (Å²) >= 11 is 0. The number of aromatic nitrogens is 4. The van der Waals surface area contributed by atoms with E-state index in [9.17, 15) is 0 Å². The fourth-order valence-corrected chi connectivity index (χ4v) is 7.75. The molecule has 0 saturated heterocycles. The standard InChI is InChI=1S/C55H44N4O.Pt/c1-6-38-30-31-56-52(32-38)59-49-29-26-41(55(3,4)5)33-48(49)47-28-27-44(35-51(47)59)60-43-22-14-21-42(34-43)57-36-58(53-37(2)16-13-25-50(53)57)54-45(39-17-9-7-10-18-39)23-15-24-46(54)40-19-11-8-12-20-40;/h7-33H,6H2,1-5H3;/q-2;/i6D2,7D,8D,9D,10D,11D,12D,17D,18D,19D,20D;. The molecule has 10 aromatic rings. The van der Waals surface area contributed by atoms with Crippen LogP contribution in [0.2, 0.25) is 0 Å². The molecule has 10 rings (SSSR count). The monoisotopic (exact) mass is 983 g/mol. The van der Waals surface area contributed by atoms with Crippen molar-refractivity contribution in [2.24, 2.45) is 0 Å². The van der Waals surface area contributed by atoms with Gasteiger partial charge in [0, 0.05) is 47.0 Å². The van der Waals surface area contributed by atoms with Crippen LogP contribution in [0.5, 0.6) is 11.5 Å². The van der Waals surface area contributed by atoms with E-state index in [4.69, 9.17) is 26.2 Å². The Balaban J connectivity index is 0.00000656. The van der Waals surface area contributed by atoms with Gasteiger partial charge in [-0.1, -0.05) is 142 Å². The van der Waals surface area contributed by atoms with Crippen LogP contribution in [-0.2, 0) is 32.9 Å². The van der Waals surface area contributed by atoms with Gasteiger partial charge < -0.3 is 13.9 Å². The van der Waals surface area contributed by atoms with Crippen molar-refractivity contribution in [2.45, 2.75) is 46.4 Å². The quantitative estimate of drug-likeness (QED) is 0.112. The molecule has 7 aromatic carbocycles. The Morgan fingerprint density at radius 2 is 1.43 bits per heavy atom. The van der Waals surface area contributed by atoms with E-state index in [-0.39, 0.29) is 54.4 Å². The molecule has 61 heavy (non-hydrogen) atoms. The van der Waals surface area contributed by atoms with Crippen LogP contribution in [0.15, 0.2) is 164 Å². The van der Waals surface area contributed by atoms with Gasteiger partial charge in [-0.15, -0.1) is 29.7 Å². The fraction of sp³-hybridized carbons (Fsp3) is 0.127. The Morgan fingerprint density at radius 1 is 0.738 bits per heavy atom. The minimum atomic E-state index is -1.62. The number of benzene rings is 7. The number of imidazole rings is 1. The molecule has 0 radical (unpaired) electrons. The number of fused-ring (bicyclic) bond motifs is 4. The van der Waals surface area contributed by atoms with E-state index < -0.39 is 66.8 Å². The minimum Gasteiger partial charge on any atom is -0.510 e. The number of rotatable bonds is 8. The van der Waals surface area contributed by atoms with Gasteiger partial charge >= 0.3 is 0 Å². The van der Waals surface area contributed by atoms with Gasteiger partial charge in [0.05, 0.1) is 30.4 Å². The smallest absolute Gasteiger partial charge is 0.268 e. The Kier molecular flexibility index (Phi) is 7.42. The van der Waals surface area contributed by atoms with Gasteiger partial charge in [-0.2, -0.15) is 18.2 Å². The Hall–Kier alpha value is -6.55. The van der Waals surface area contributed by atoms with E-state index in [1.807, 2.05) is 41.8 Å². The SMILES string of the molecule is [2H]c1c([2H])c([2H])c(-c2cccc(-c3c([2H])c([2H])c([2H])c([2H])c3[2H])c2-[n+]2[c-]n(-c3[c-]c(Oc4[c-]c5c(cc4)c4cc(C(C)(C)C)ccc4n5-c4cc(C([2H])([2H])C)ccn4)ccc3)c3cccc(C)c32)c([2H])c1[2H].[Pt]. The molecule has 0 bridgehead atoms. The van der Waals surface area contributed by atoms with Crippen molar-refractivity contribution in [3.05, 3.63) is 199 Å². The Morgan fingerprint density at radius 3 is 2.13 bits per heavy atom. The van der Waals surface area contributed by atoms with Crippen molar-refractivity contribution in [1.29, 1.82) is 0 Å². The average Bonchev–Trinajstić information content (AvgIpc) is 3.90. The molecule has 0 aliphatic heterocycles. The van der Waals surface area contributed by atoms with Gasteiger partial charge in [-0.25, -0.2) is 4.98 Å². The van der Waals surface area contributed by atoms with Crippen LogP contribution in [0.3, 0.4) is 0 Å². The maximum Gasteiger partial charge on any atom is 0.268 e. The van der Waals surface area contributed by atoms with E-state index in [2.05, 4.69) is 57.4 Å². The average molecular weight is 984 g/mol. The second-order valence-corrected chi connectivity index (χ2v) is 15.5. The van der Waals surface area contributed by atoms with E-state index in [0.29, 0.717) is 45.1 Å². The molecule has 5 nitrogen and oxygen atoms in total. The van der Waals surface area contributed by atoms with E-state index >= 15 is 0 Å². The number of aryl methyl sites for hydroxylation is 2. The summed E-state index contributed by atoms with van der Waals surface area (Å²) in [6, 6.07) is 30.7. The zero-order valence-corrected chi connectivity index (χ0v) is 36.1. The third kappa shape index (κ3) is 7.28. The molecule has 3 aromatic heterocycles. The normalized spacial score (nSPS) is 14.6. The van der Waals surface area contributed by atoms with Crippen LogP contribution in [0, 0.1) is 25.4 Å². The predicted octanol–water partition coefficient (Wildman–Crippen LogP) is 13.1. The summed E-state index contributed by atoms with van der Waals surface area (Å²) in [5.74, 6) is 1.19. The first kappa shape index (κ1) is 28.1. The molecule has 3 heterocycles. The largest absolute Gasteiger partial charge is 0.510 e. The summed E-state index contributed by atoms with van der Waals surface area (Å²) in [6.45, 7) is 9.86. The van der Waals surface area contributed by atoms with Crippen molar-refractivity contribution in [3.63, 3.8) is 0 Å². The number of ether oxygens (including phenoxy) is 1. The van der Waals surface area contributed by atoms with Crippen LogP contribution in [0.25, 0.3) is 72.3 Å². The minimum absolute atomic E-state index is 0. The van der Waals surface area contributed by atoms with Gasteiger partial charge in [0.2, 0.25) is 0 Å². The molecular formula is C55H44N4OPt-2. The summed E-state index contributed by atoms with van der Waals surface area (Å²) in [6.07, 6.45) is 3.41. The Bertz CT molecular complexity index is 3770. The van der Waals surface area contributed by atoms with Gasteiger partial charge in [-0.05, 0) is 86.9 Å². The molecule has 302 valence electrons. The molecule has 0 N–H and O–H groups in total. The molecule has 0 unspecified atom stereocenters. The maximum absolute atomic E-state index is 9.04. The zero-order valence-electron chi connectivity index (χ0n) is 45.8. The van der Waals surface area contributed by atoms with Gasteiger partial charge in [0.25, 0.3) is 6.33 Å². The number of nitrogens with zero attached hydrogens (tertiary/aromatic N) is 4. The summed E-state index contributed by atoms with van der Waals surface area (Å²) < 4.78 is 116. The van der Waals surface area contributed by atoms with Crippen molar-refractivity contribution < 1.29 is 46.8 Å². The number of hydrogen-bond donors (Lipinski definition) is 0. The predicted molar refractivity (Wildman–Crippen MR) is 244 cm³/mol. The van der Waals surface area contributed by atoms with Gasteiger partial charge in [0.15, 0.2) is 0 Å². The molecule has 0 aliphatic rings. The number of pyridine rings is 1. The number of hydrogen-bond acceptors (Lipinski definition) is 2. The molecule has 0 saturated carbocycles.